The summed E-state index contributed by atoms with van der Waals surface area (Å²) in [6.45, 7) is 1.35. The minimum atomic E-state index is -1.12. The third-order valence-corrected chi connectivity index (χ3v) is 2.07. The Morgan fingerprint density at radius 3 is 2.47 bits per heavy atom. The summed E-state index contributed by atoms with van der Waals surface area (Å²) in [6, 6.07) is 0. The monoisotopic (exact) mass is 247 g/mol. The Labute approximate surface area is 95.7 Å². The third-order valence-electron chi connectivity index (χ3n) is 1.50. The first kappa shape index (κ1) is 11.7. The van der Waals surface area contributed by atoms with Crippen LogP contribution in [0.4, 0.5) is 5.69 Å². The van der Waals surface area contributed by atoms with Crippen molar-refractivity contribution < 1.29 is 9.90 Å². The number of rotatable bonds is 3. The van der Waals surface area contributed by atoms with Crippen LogP contribution >= 0.6 is 23.2 Å². The smallest absolute Gasteiger partial charge is 0.351 e. The van der Waals surface area contributed by atoms with Crippen LogP contribution in [0.5, 0.6) is 0 Å². The number of nitrogens with zero attached hydrogens (tertiary/aromatic N) is 2. The summed E-state index contributed by atoms with van der Waals surface area (Å²) < 4.78 is 0. The Morgan fingerprint density at radius 2 is 2.00 bits per heavy atom. The Kier molecular flexibility index (Phi) is 3.88. The molecule has 1 aromatic rings. The highest BCUT2D eigenvalue weighted by atomic mass is 35.5. The molecular formula is C8H7Cl2N3O2. The molecule has 7 heteroatoms. The van der Waals surface area contributed by atoms with Gasteiger partial charge in [-0.15, -0.1) is 0 Å². The predicted molar refractivity (Wildman–Crippen MR) is 58.6 cm³/mol. The predicted octanol–water partition coefficient (Wildman–Crippen LogP) is 2.26. The van der Waals surface area contributed by atoms with Crippen molar-refractivity contribution in [3.8, 4) is 0 Å². The van der Waals surface area contributed by atoms with Gasteiger partial charge in [-0.1, -0.05) is 23.2 Å². The zero-order chi connectivity index (χ0) is 11.4. The Morgan fingerprint density at radius 1 is 1.47 bits per heavy atom. The maximum absolute atomic E-state index is 10.4. The normalized spacial score (nSPS) is 11.3. The Hall–Kier alpha value is -1.33. The molecule has 0 aliphatic heterocycles. The van der Waals surface area contributed by atoms with E-state index in [2.05, 4.69) is 15.5 Å². The van der Waals surface area contributed by atoms with Crippen LogP contribution in [0.2, 0.25) is 10.0 Å². The van der Waals surface area contributed by atoms with Crippen molar-refractivity contribution in [3.05, 3.63) is 22.4 Å². The molecule has 0 atom stereocenters. The molecule has 0 aromatic carbocycles. The number of aliphatic carboxylic acids is 1. The van der Waals surface area contributed by atoms with Gasteiger partial charge in [-0.2, -0.15) is 5.10 Å². The molecule has 1 rings (SSSR count). The fourth-order valence-electron chi connectivity index (χ4n) is 0.706. The van der Waals surface area contributed by atoms with Gasteiger partial charge in [0.05, 0.1) is 15.7 Å². The van der Waals surface area contributed by atoms with Crippen LogP contribution in [0.25, 0.3) is 0 Å². The summed E-state index contributed by atoms with van der Waals surface area (Å²) in [7, 11) is 0. The van der Waals surface area contributed by atoms with Crippen LogP contribution in [-0.2, 0) is 4.79 Å². The minimum absolute atomic E-state index is 0.0982. The fraction of sp³-hybridized carbons (Fsp3) is 0.125. The topological polar surface area (TPSA) is 74.6 Å². The fourth-order valence-corrected chi connectivity index (χ4v) is 1.15. The number of carboxylic acids is 1. The zero-order valence-electron chi connectivity index (χ0n) is 7.66. The highest BCUT2D eigenvalue weighted by Gasteiger charge is 2.06. The molecule has 0 bridgehead atoms. The second kappa shape index (κ2) is 4.95. The summed E-state index contributed by atoms with van der Waals surface area (Å²) in [6.07, 6.45) is 2.75. The summed E-state index contributed by atoms with van der Waals surface area (Å²) >= 11 is 11.5. The first-order valence-electron chi connectivity index (χ1n) is 3.85. The standard InChI is InChI=1S/C8H7Cl2N3O2/c1-4(8(14)15)12-13-7-5(9)2-11-3-6(7)10/h2-3H,1H3,(H,11,13)(H,14,15)/b12-4+. The Bertz CT molecular complexity index is 400. The summed E-state index contributed by atoms with van der Waals surface area (Å²) in [5.41, 5.74) is 2.70. The van der Waals surface area contributed by atoms with E-state index < -0.39 is 5.97 Å². The molecule has 0 saturated heterocycles. The van der Waals surface area contributed by atoms with Gasteiger partial charge in [0.2, 0.25) is 0 Å². The van der Waals surface area contributed by atoms with Gasteiger partial charge in [-0.3, -0.25) is 10.4 Å². The zero-order valence-corrected chi connectivity index (χ0v) is 9.17. The number of carbonyl (C=O) groups is 1. The third kappa shape index (κ3) is 3.07. The van der Waals surface area contributed by atoms with Gasteiger partial charge in [0.25, 0.3) is 0 Å². The maximum Gasteiger partial charge on any atom is 0.351 e. The van der Waals surface area contributed by atoms with Crippen LogP contribution < -0.4 is 5.43 Å². The average molecular weight is 248 g/mol. The van der Waals surface area contributed by atoms with Crippen molar-refractivity contribution in [1.82, 2.24) is 4.98 Å². The minimum Gasteiger partial charge on any atom is -0.477 e. The summed E-state index contributed by atoms with van der Waals surface area (Å²) in [4.78, 5) is 14.2. The number of carboxylic acid groups (broad SMARTS) is 1. The molecule has 2 N–H and O–H groups in total. The molecule has 80 valence electrons. The van der Waals surface area contributed by atoms with E-state index in [1.54, 1.807) is 0 Å². The number of nitrogens with one attached hydrogen (secondary N) is 1. The van der Waals surface area contributed by atoms with E-state index in [-0.39, 0.29) is 15.8 Å². The lowest BCUT2D eigenvalue weighted by Crippen LogP contribution is -2.10. The first-order chi connectivity index (χ1) is 7.02. The lowest BCUT2D eigenvalue weighted by molar-refractivity contribution is -0.129. The molecule has 0 aliphatic carbocycles. The van der Waals surface area contributed by atoms with Crippen LogP contribution in [0.3, 0.4) is 0 Å². The van der Waals surface area contributed by atoms with E-state index in [9.17, 15) is 4.79 Å². The summed E-state index contributed by atoms with van der Waals surface area (Å²) in [5, 5.41) is 12.7. The molecule has 0 aliphatic rings. The lowest BCUT2D eigenvalue weighted by atomic mass is 10.4. The second-order valence-electron chi connectivity index (χ2n) is 2.59. The number of hydrogen-bond acceptors (Lipinski definition) is 4. The van der Waals surface area contributed by atoms with Crippen molar-refractivity contribution in [2.24, 2.45) is 5.10 Å². The number of aromatic nitrogens is 1. The molecular weight excluding hydrogens is 241 g/mol. The van der Waals surface area contributed by atoms with Crippen molar-refractivity contribution in [3.63, 3.8) is 0 Å². The van der Waals surface area contributed by atoms with Crippen LogP contribution in [0.15, 0.2) is 17.5 Å². The largest absolute Gasteiger partial charge is 0.477 e. The molecule has 1 aromatic heterocycles. The van der Waals surface area contributed by atoms with Crippen molar-refractivity contribution in [2.75, 3.05) is 5.43 Å². The van der Waals surface area contributed by atoms with Gasteiger partial charge in [0, 0.05) is 12.4 Å². The van der Waals surface area contributed by atoms with Crippen LogP contribution in [0, 0.1) is 0 Å². The van der Waals surface area contributed by atoms with Crippen LogP contribution in [0.1, 0.15) is 6.92 Å². The molecule has 0 amide bonds. The highest BCUT2D eigenvalue weighted by molar-refractivity contribution is 6.39. The highest BCUT2D eigenvalue weighted by Crippen LogP contribution is 2.28. The SMILES string of the molecule is C/C(=N\Nc1c(Cl)cncc1Cl)C(=O)O. The van der Waals surface area contributed by atoms with Gasteiger partial charge < -0.3 is 5.11 Å². The molecule has 0 fully saturated rings. The first-order valence-corrected chi connectivity index (χ1v) is 4.60. The van der Waals surface area contributed by atoms with Gasteiger partial charge >= 0.3 is 5.97 Å². The summed E-state index contributed by atoms with van der Waals surface area (Å²) in [5.74, 6) is -1.12. The van der Waals surface area contributed by atoms with Gasteiger partial charge in [0.1, 0.15) is 5.71 Å². The average Bonchev–Trinajstić information content (AvgIpc) is 2.16. The van der Waals surface area contributed by atoms with Crippen molar-refractivity contribution in [1.29, 1.82) is 0 Å². The van der Waals surface area contributed by atoms with E-state index >= 15 is 0 Å². The lowest BCUT2D eigenvalue weighted by Gasteiger charge is -2.04. The number of halogens is 2. The van der Waals surface area contributed by atoms with Gasteiger partial charge in [-0.25, -0.2) is 4.79 Å². The molecule has 15 heavy (non-hydrogen) atoms. The second-order valence-corrected chi connectivity index (χ2v) is 3.41. The molecule has 5 nitrogen and oxygen atoms in total. The molecule has 0 unspecified atom stereocenters. The number of hydrogen-bond donors (Lipinski definition) is 2. The molecule has 0 saturated carbocycles. The van der Waals surface area contributed by atoms with E-state index in [0.717, 1.165) is 0 Å². The number of pyridine rings is 1. The quantitative estimate of drug-likeness (QED) is 0.635. The molecule has 0 radical (unpaired) electrons. The van der Waals surface area contributed by atoms with E-state index in [1.807, 2.05) is 0 Å². The van der Waals surface area contributed by atoms with Crippen LogP contribution in [-0.4, -0.2) is 21.8 Å². The van der Waals surface area contributed by atoms with Gasteiger partial charge in [0.15, 0.2) is 0 Å². The van der Waals surface area contributed by atoms with Crippen molar-refractivity contribution >= 4 is 40.6 Å². The van der Waals surface area contributed by atoms with E-state index in [1.165, 1.54) is 19.3 Å². The number of anilines is 1. The molecule has 0 spiro atoms. The van der Waals surface area contributed by atoms with Crippen molar-refractivity contribution in [2.45, 2.75) is 6.92 Å². The maximum atomic E-state index is 10.4. The van der Waals surface area contributed by atoms with E-state index in [0.29, 0.717) is 5.69 Å². The Balaban J connectivity index is 2.91. The molecule has 1 heterocycles. The van der Waals surface area contributed by atoms with E-state index in [4.69, 9.17) is 28.3 Å². The van der Waals surface area contributed by atoms with Gasteiger partial charge in [-0.05, 0) is 6.92 Å². The number of hydrazone groups is 1.